The van der Waals surface area contributed by atoms with Crippen LogP contribution in [0.5, 0.6) is 0 Å². The summed E-state index contributed by atoms with van der Waals surface area (Å²) in [6.07, 6.45) is 5.44. The van der Waals surface area contributed by atoms with Crippen molar-refractivity contribution in [2.24, 2.45) is 11.1 Å². The van der Waals surface area contributed by atoms with E-state index in [9.17, 15) is 4.79 Å². The number of amides is 1. The van der Waals surface area contributed by atoms with Crippen molar-refractivity contribution in [1.29, 1.82) is 0 Å². The molecule has 3 nitrogen and oxygen atoms in total. The van der Waals surface area contributed by atoms with Crippen molar-refractivity contribution in [2.75, 3.05) is 5.32 Å². The van der Waals surface area contributed by atoms with Crippen LogP contribution in [-0.4, -0.2) is 10.9 Å². The van der Waals surface area contributed by atoms with Crippen molar-refractivity contribution in [2.45, 2.75) is 39.0 Å². The third kappa shape index (κ3) is 3.32. The van der Waals surface area contributed by atoms with Crippen LogP contribution >= 0.6 is 12.2 Å². The first-order valence-electron chi connectivity index (χ1n) is 6.73. The fraction of sp³-hybridized carbons (Fsp3) is 0.467. The summed E-state index contributed by atoms with van der Waals surface area (Å²) in [5.41, 5.74) is 6.91. The van der Waals surface area contributed by atoms with E-state index in [2.05, 4.69) is 12.2 Å². The molecule has 3 N–H and O–H groups in total. The molecule has 19 heavy (non-hydrogen) atoms. The number of rotatable bonds is 3. The van der Waals surface area contributed by atoms with Crippen LogP contribution in [0.4, 0.5) is 5.69 Å². The minimum atomic E-state index is -0.239. The van der Waals surface area contributed by atoms with Gasteiger partial charge in [0.1, 0.15) is 4.99 Å². The molecule has 1 aliphatic rings. The summed E-state index contributed by atoms with van der Waals surface area (Å²) in [7, 11) is 0. The molecule has 0 heterocycles. The first kappa shape index (κ1) is 14.0. The lowest BCUT2D eigenvalue weighted by Gasteiger charge is -2.32. The number of carbonyl (C=O) groups excluding carboxylic acids is 1. The van der Waals surface area contributed by atoms with Crippen molar-refractivity contribution in [3.63, 3.8) is 0 Å². The molecule has 102 valence electrons. The molecule has 0 aliphatic heterocycles. The molecule has 0 bridgehead atoms. The van der Waals surface area contributed by atoms with Crippen LogP contribution in [0.1, 0.15) is 44.6 Å². The van der Waals surface area contributed by atoms with E-state index in [-0.39, 0.29) is 11.3 Å². The quantitative estimate of drug-likeness (QED) is 0.833. The van der Waals surface area contributed by atoms with E-state index in [1.165, 1.54) is 6.42 Å². The van der Waals surface area contributed by atoms with Crippen LogP contribution in [0.3, 0.4) is 0 Å². The Kier molecular flexibility index (Phi) is 4.20. The van der Waals surface area contributed by atoms with E-state index in [1.807, 2.05) is 24.3 Å². The summed E-state index contributed by atoms with van der Waals surface area (Å²) < 4.78 is 0. The number of carbonyl (C=O) groups is 1. The maximum absolute atomic E-state index is 12.4. The van der Waals surface area contributed by atoms with Gasteiger partial charge in [-0.25, -0.2) is 0 Å². The van der Waals surface area contributed by atoms with Gasteiger partial charge in [-0.1, -0.05) is 50.5 Å². The molecule has 0 aromatic heterocycles. The van der Waals surface area contributed by atoms with Crippen LogP contribution < -0.4 is 11.1 Å². The molecule has 1 saturated carbocycles. The van der Waals surface area contributed by atoms with E-state index in [0.717, 1.165) is 36.9 Å². The molecule has 0 radical (unpaired) electrons. The maximum atomic E-state index is 12.4. The van der Waals surface area contributed by atoms with Gasteiger partial charge < -0.3 is 11.1 Å². The van der Waals surface area contributed by atoms with Gasteiger partial charge in [0.15, 0.2) is 0 Å². The lowest BCUT2D eigenvalue weighted by Crippen LogP contribution is -2.35. The highest BCUT2D eigenvalue weighted by Crippen LogP contribution is 2.36. The summed E-state index contributed by atoms with van der Waals surface area (Å²) >= 11 is 4.95. The smallest absolute Gasteiger partial charge is 0.230 e. The molecule has 1 aromatic carbocycles. The zero-order valence-electron chi connectivity index (χ0n) is 11.2. The average Bonchev–Trinajstić information content (AvgIpc) is 2.40. The normalized spacial score (nSPS) is 17.7. The average molecular weight is 276 g/mol. The predicted octanol–water partition coefficient (Wildman–Crippen LogP) is 3.23. The van der Waals surface area contributed by atoms with Gasteiger partial charge in [-0.2, -0.15) is 0 Å². The number of hydrogen-bond donors (Lipinski definition) is 2. The van der Waals surface area contributed by atoms with Gasteiger partial charge in [-0.05, 0) is 25.0 Å². The Labute approximate surface area is 119 Å². The van der Waals surface area contributed by atoms with Gasteiger partial charge in [-0.15, -0.1) is 0 Å². The van der Waals surface area contributed by atoms with Gasteiger partial charge in [-0.3, -0.25) is 4.79 Å². The molecule has 2 rings (SSSR count). The highest BCUT2D eigenvalue weighted by Gasteiger charge is 2.34. The van der Waals surface area contributed by atoms with Crippen LogP contribution in [0.2, 0.25) is 0 Å². The summed E-state index contributed by atoms with van der Waals surface area (Å²) in [5.74, 6) is 0.104. The summed E-state index contributed by atoms with van der Waals surface area (Å²) in [6.45, 7) is 2.05. The number of thiocarbonyl (C=S) groups is 1. The topological polar surface area (TPSA) is 55.1 Å². The highest BCUT2D eigenvalue weighted by molar-refractivity contribution is 7.80. The Morgan fingerprint density at radius 1 is 1.32 bits per heavy atom. The zero-order valence-corrected chi connectivity index (χ0v) is 12.1. The summed E-state index contributed by atoms with van der Waals surface area (Å²) in [5, 5.41) is 2.99. The van der Waals surface area contributed by atoms with Crippen molar-refractivity contribution in [3.05, 3.63) is 29.8 Å². The van der Waals surface area contributed by atoms with Crippen molar-refractivity contribution in [3.8, 4) is 0 Å². The molecule has 4 heteroatoms. The second-order valence-electron chi connectivity index (χ2n) is 5.52. The third-order valence-electron chi connectivity index (χ3n) is 3.91. The fourth-order valence-electron chi connectivity index (χ4n) is 2.59. The third-order valence-corrected chi connectivity index (χ3v) is 4.15. The molecule has 1 aromatic rings. The first-order chi connectivity index (χ1) is 9.01. The minimum Gasteiger partial charge on any atom is -0.389 e. The minimum absolute atomic E-state index is 0.104. The van der Waals surface area contributed by atoms with Gasteiger partial charge >= 0.3 is 0 Å². The van der Waals surface area contributed by atoms with Crippen LogP contribution in [-0.2, 0) is 4.79 Å². The lowest BCUT2D eigenvalue weighted by molar-refractivity contribution is -0.126. The zero-order chi connectivity index (χ0) is 13.9. The van der Waals surface area contributed by atoms with E-state index in [4.69, 9.17) is 18.0 Å². The SMILES string of the molecule is CC1(C(=O)Nc2cccc(C(N)=S)c2)CCCCC1. The summed E-state index contributed by atoms with van der Waals surface area (Å²) in [6, 6.07) is 7.39. The molecule has 0 saturated heterocycles. The van der Waals surface area contributed by atoms with Crippen LogP contribution in [0, 0.1) is 5.41 Å². The standard InChI is InChI=1S/C15H20N2OS/c1-15(8-3-2-4-9-15)14(18)17-12-7-5-6-11(10-12)13(16)19/h5-7,10H,2-4,8-9H2,1H3,(H2,16,19)(H,17,18). The van der Waals surface area contributed by atoms with E-state index in [0.29, 0.717) is 4.99 Å². The van der Waals surface area contributed by atoms with E-state index >= 15 is 0 Å². The number of benzene rings is 1. The number of anilines is 1. The second-order valence-corrected chi connectivity index (χ2v) is 5.96. The molecule has 1 fully saturated rings. The lowest BCUT2D eigenvalue weighted by atomic mass is 9.75. The number of nitrogens with two attached hydrogens (primary N) is 1. The Morgan fingerprint density at radius 3 is 2.63 bits per heavy atom. The van der Waals surface area contributed by atoms with E-state index in [1.54, 1.807) is 0 Å². The largest absolute Gasteiger partial charge is 0.389 e. The van der Waals surface area contributed by atoms with Crippen LogP contribution in [0.15, 0.2) is 24.3 Å². The molecule has 1 amide bonds. The first-order valence-corrected chi connectivity index (χ1v) is 7.13. The Bertz CT molecular complexity index is 493. The highest BCUT2D eigenvalue weighted by atomic mass is 32.1. The molecule has 0 unspecified atom stereocenters. The van der Waals surface area contributed by atoms with Crippen LogP contribution in [0.25, 0.3) is 0 Å². The van der Waals surface area contributed by atoms with Gasteiger partial charge in [0.05, 0.1) is 0 Å². The Balaban J connectivity index is 2.10. The predicted molar refractivity (Wildman–Crippen MR) is 82.2 cm³/mol. The molecule has 0 atom stereocenters. The molecule has 1 aliphatic carbocycles. The van der Waals surface area contributed by atoms with Gasteiger partial charge in [0.2, 0.25) is 5.91 Å². The van der Waals surface area contributed by atoms with Gasteiger partial charge in [0.25, 0.3) is 0 Å². The summed E-state index contributed by atoms with van der Waals surface area (Å²) in [4.78, 5) is 12.7. The molecular weight excluding hydrogens is 256 g/mol. The maximum Gasteiger partial charge on any atom is 0.230 e. The van der Waals surface area contributed by atoms with Crippen molar-refractivity contribution < 1.29 is 4.79 Å². The van der Waals surface area contributed by atoms with Crippen molar-refractivity contribution >= 4 is 28.8 Å². The van der Waals surface area contributed by atoms with Gasteiger partial charge in [0, 0.05) is 16.7 Å². The second kappa shape index (κ2) is 5.70. The fourth-order valence-corrected chi connectivity index (χ4v) is 2.72. The van der Waals surface area contributed by atoms with Crippen molar-refractivity contribution in [1.82, 2.24) is 0 Å². The number of nitrogens with one attached hydrogen (secondary N) is 1. The number of hydrogen-bond acceptors (Lipinski definition) is 2. The Morgan fingerprint density at radius 2 is 2.00 bits per heavy atom. The Hall–Kier alpha value is -1.42. The molecule has 0 spiro atoms. The molecular formula is C15H20N2OS. The monoisotopic (exact) mass is 276 g/mol. The van der Waals surface area contributed by atoms with E-state index < -0.39 is 0 Å².